The Balaban J connectivity index is 2.31. The molecule has 94 valence electrons. The maximum atomic E-state index is 10.8. The highest BCUT2D eigenvalue weighted by atomic mass is 32.1. The van der Waals surface area contributed by atoms with Crippen molar-refractivity contribution in [3.05, 3.63) is 28.6 Å². The number of nitrogens with two attached hydrogens (primary N) is 1. The first-order chi connectivity index (χ1) is 8.60. The van der Waals surface area contributed by atoms with E-state index in [1.165, 1.54) is 18.4 Å². The van der Waals surface area contributed by atoms with Crippen molar-refractivity contribution in [3.8, 4) is 22.8 Å². The molecule has 1 aromatic carbocycles. The number of hydrogen-bond acceptors (Lipinski definition) is 5. The molecule has 0 atom stereocenters. The van der Waals surface area contributed by atoms with E-state index in [1.807, 2.05) is 5.38 Å². The number of thiazole rings is 1. The van der Waals surface area contributed by atoms with Crippen molar-refractivity contribution in [2.75, 3.05) is 7.11 Å². The number of carbonyl (C=O) groups is 1. The van der Waals surface area contributed by atoms with Gasteiger partial charge in [0.25, 0.3) is 0 Å². The zero-order chi connectivity index (χ0) is 13.1. The molecule has 2 rings (SSSR count). The molecule has 18 heavy (non-hydrogen) atoms. The first-order valence-electron chi connectivity index (χ1n) is 5.20. The lowest BCUT2D eigenvalue weighted by Crippen LogP contribution is -2.13. The van der Waals surface area contributed by atoms with Crippen LogP contribution in [0.2, 0.25) is 0 Å². The number of amides is 1. The third kappa shape index (κ3) is 2.60. The number of phenols is 1. The van der Waals surface area contributed by atoms with Gasteiger partial charge in [0.15, 0.2) is 11.5 Å². The van der Waals surface area contributed by atoms with Crippen molar-refractivity contribution in [1.29, 1.82) is 0 Å². The first kappa shape index (κ1) is 12.4. The fourth-order valence-corrected chi connectivity index (χ4v) is 2.32. The van der Waals surface area contributed by atoms with Gasteiger partial charge < -0.3 is 15.6 Å². The van der Waals surface area contributed by atoms with Gasteiger partial charge in [-0.05, 0) is 18.2 Å². The molecule has 2 aromatic rings. The molecule has 1 amide bonds. The summed E-state index contributed by atoms with van der Waals surface area (Å²) in [5.74, 6) is 0.0602. The highest BCUT2D eigenvalue weighted by molar-refractivity contribution is 7.10. The Kier molecular flexibility index (Phi) is 3.47. The number of benzene rings is 1. The van der Waals surface area contributed by atoms with Gasteiger partial charge in [-0.2, -0.15) is 0 Å². The number of methoxy groups -OCH3 is 1. The molecule has 0 spiro atoms. The van der Waals surface area contributed by atoms with Crippen LogP contribution in [-0.2, 0) is 11.2 Å². The van der Waals surface area contributed by atoms with Gasteiger partial charge in [0, 0.05) is 10.9 Å². The van der Waals surface area contributed by atoms with Crippen LogP contribution in [0.5, 0.6) is 11.5 Å². The monoisotopic (exact) mass is 264 g/mol. The summed E-state index contributed by atoms with van der Waals surface area (Å²) in [6, 6.07) is 4.97. The van der Waals surface area contributed by atoms with Crippen molar-refractivity contribution >= 4 is 17.2 Å². The molecule has 0 radical (unpaired) electrons. The average Bonchev–Trinajstić information content (AvgIpc) is 2.77. The molecule has 1 heterocycles. The van der Waals surface area contributed by atoms with Gasteiger partial charge >= 0.3 is 0 Å². The molecule has 1 aromatic heterocycles. The molecule has 0 aliphatic heterocycles. The quantitative estimate of drug-likeness (QED) is 0.877. The minimum Gasteiger partial charge on any atom is -0.504 e. The van der Waals surface area contributed by atoms with Crippen LogP contribution in [0, 0.1) is 0 Å². The van der Waals surface area contributed by atoms with Crippen molar-refractivity contribution in [2.24, 2.45) is 5.73 Å². The van der Waals surface area contributed by atoms with Gasteiger partial charge in [0.1, 0.15) is 5.01 Å². The number of aromatic hydroxyl groups is 1. The standard InChI is InChI=1S/C12H12N2O3S/c1-17-10-4-7(2-3-9(10)15)8-6-18-12(14-8)5-11(13)16/h2-4,6,15H,5H2,1H3,(H2,13,16). The minimum absolute atomic E-state index is 0.0776. The van der Waals surface area contributed by atoms with Crippen molar-refractivity contribution < 1.29 is 14.6 Å². The SMILES string of the molecule is COc1cc(-c2csc(CC(N)=O)n2)ccc1O. The van der Waals surface area contributed by atoms with Crippen LogP contribution in [0.15, 0.2) is 23.6 Å². The van der Waals surface area contributed by atoms with E-state index in [0.717, 1.165) is 11.3 Å². The largest absolute Gasteiger partial charge is 0.504 e. The molecular weight excluding hydrogens is 252 g/mol. The van der Waals surface area contributed by atoms with Crippen molar-refractivity contribution in [1.82, 2.24) is 4.98 Å². The molecule has 0 bridgehead atoms. The van der Waals surface area contributed by atoms with E-state index < -0.39 is 5.91 Å². The summed E-state index contributed by atoms with van der Waals surface area (Å²) in [5, 5.41) is 12.0. The predicted molar refractivity (Wildman–Crippen MR) is 68.7 cm³/mol. The number of hydrogen-bond donors (Lipinski definition) is 2. The van der Waals surface area contributed by atoms with Gasteiger partial charge in [0.05, 0.1) is 19.2 Å². The second-order valence-corrected chi connectivity index (χ2v) is 4.60. The maximum absolute atomic E-state index is 10.8. The van der Waals surface area contributed by atoms with E-state index in [-0.39, 0.29) is 12.2 Å². The Morgan fingerprint density at radius 2 is 2.33 bits per heavy atom. The smallest absolute Gasteiger partial charge is 0.224 e. The van der Waals surface area contributed by atoms with Crippen molar-refractivity contribution in [2.45, 2.75) is 6.42 Å². The number of rotatable bonds is 4. The molecule has 0 aliphatic rings. The Bertz CT molecular complexity index is 580. The number of nitrogens with zero attached hydrogens (tertiary/aromatic N) is 1. The Labute approximate surface area is 108 Å². The Morgan fingerprint density at radius 3 is 3.00 bits per heavy atom. The molecule has 0 saturated heterocycles. The van der Waals surface area contributed by atoms with Gasteiger partial charge in [-0.25, -0.2) is 4.98 Å². The van der Waals surface area contributed by atoms with E-state index in [0.29, 0.717) is 10.8 Å². The first-order valence-corrected chi connectivity index (χ1v) is 6.08. The number of aromatic nitrogens is 1. The molecule has 0 unspecified atom stereocenters. The highest BCUT2D eigenvalue weighted by Gasteiger charge is 2.09. The Morgan fingerprint density at radius 1 is 1.56 bits per heavy atom. The van der Waals surface area contributed by atoms with Crippen LogP contribution >= 0.6 is 11.3 Å². The lowest BCUT2D eigenvalue weighted by molar-refractivity contribution is -0.117. The summed E-state index contributed by atoms with van der Waals surface area (Å²) in [5.41, 5.74) is 6.66. The summed E-state index contributed by atoms with van der Waals surface area (Å²) >= 11 is 1.38. The number of carbonyl (C=O) groups excluding carboxylic acids is 1. The highest BCUT2D eigenvalue weighted by Crippen LogP contribution is 2.31. The summed E-state index contributed by atoms with van der Waals surface area (Å²) in [4.78, 5) is 15.1. The molecule has 0 saturated carbocycles. The molecular formula is C12H12N2O3S. The number of ether oxygens (including phenoxy) is 1. The van der Waals surface area contributed by atoms with Crippen LogP contribution in [-0.4, -0.2) is 23.1 Å². The van der Waals surface area contributed by atoms with Crippen LogP contribution in [0.1, 0.15) is 5.01 Å². The predicted octanol–water partition coefficient (Wildman–Crippen LogP) is 1.55. The molecule has 0 fully saturated rings. The molecule has 3 N–H and O–H groups in total. The van der Waals surface area contributed by atoms with Crippen LogP contribution < -0.4 is 10.5 Å². The second kappa shape index (κ2) is 5.05. The van der Waals surface area contributed by atoms with E-state index >= 15 is 0 Å². The van der Waals surface area contributed by atoms with Crippen LogP contribution in [0.25, 0.3) is 11.3 Å². The lowest BCUT2D eigenvalue weighted by atomic mass is 10.1. The fourth-order valence-electron chi connectivity index (χ4n) is 1.51. The zero-order valence-electron chi connectivity index (χ0n) is 9.71. The van der Waals surface area contributed by atoms with Crippen LogP contribution in [0.3, 0.4) is 0 Å². The summed E-state index contributed by atoms with van der Waals surface area (Å²) < 4.78 is 5.03. The van der Waals surface area contributed by atoms with Gasteiger partial charge in [0.2, 0.25) is 5.91 Å². The van der Waals surface area contributed by atoms with Crippen LogP contribution in [0.4, 0.5) is 0 Å². The number of phenolic OH excluding ortho intramolecular Hbond substituents is 1. The van der Waals surface area contributed by atoms with E-state index in [2.05, 4.69) is 4.98 Å². The lowest BCUT2D eigenvalue weighted by Gasteiger charge is -2.04. The molecule has 0 aliphatic carbocycles. The maximum Gasteiger partial charge on any atom is 0.224 e. The van der Waals surface area contributed by atoms with Gasteiger partial charge in [-0.1, -0.05) is 0 Å². The van der Waals surface area contributed by atoms with E-state index in [1.54, 1.807) is 18.2 Å². The molecule has 5 nitrogen and oxygen atoms in total. The third-order valence-electron chi connectivity index (χ3n) is 2.35. The summed E-state index contributed by atoms with van der Waals surface area (Å²) in [6.45, 7) is 0. The summed E-state index contributed by atoms with van der Waals surface area (Å²) in [6.07, 6.45) is 0.139. The number of primary amides is 1. The van der Waals surface area contributed by atoms with Crippen molar-refractivity contribution in [3.63, 3.8) is 0 Å². The summed E-state index contributed by atoms with van der Waals surface area (Å²) in [7, 11) is 1.48. The fraction of sp³-hybridized carbons (Fsp3) is 0.167. The topological polar surface area (TPSA) is 85.4 Å². The zero-order valence-corrected chi connectivity index (χ0v) is 10.5. The van der Waals surface area contributed by atoms with E-state index in [9.17, 15) is 9.90 Å². The normalized spacial score (nSPS) is 10.3. The third-order valence-corrected chi connectivity index (χ3v) is 3.20. The molecule has 6 heteroatoms. The van der Waals surface area contributed by atoms with E-state index in [4.69, 9.17) is 10.5 Å². The minimum atomic E-state index is -0.404. The average molecular weight is 264 g/mol. The second-order valence-electron chi connectivity index (χ2n) is 3.66. The van der Waals surface area contributed by atoms with Gasteiger partial charge in [-0.15, -0.1) is 11.3 Å². The Hall–Kier alpha value is -2.08. The van der Waals surface area contributed by atoms with Gasteiger partial charge in [-0.3, -0.25) is 4.79 Å².